The fourth-order valence-electron chi connectivity index (χ4n) is 2.92. The molecule has 2 N–H and O–H groups in total. The van der Waals surface area contributed by atoms with Crippen LogP contribution in [-0.2, 0) is 20.0 Å². The molecule has 1 aromatic heterocycles. The topological polar surface area (TPSA) is 67.1 Å². The fraction of sp³-hybridized carbons (Fsp3) is 0.571. The van der Waals surface area contributed by atoms with Gasteiger partial charge in [0.05, 0.1) is 0 Å². The van der Waals surface area contributed by atoms with Crippen molar-refractivity contribution >= 4 is 53.3 Å². The predicted octanol–water partition coefficient (Wildman–Crippen LogP) is 4.45. The molecule has 2 rings (SSSR count). The van der Waals surface area contributed by atoms with Gasteiger partial charge in [-0.05, 0) is 54.9 Å². The number of nitrogens with zero attached hydrogens (tertiary/aromatic N) is 4. The summed E-state index contributed by atoms with van der Waals surface area (Å²) >= 11 is 7.99. The molecule has 0 aliphatic heterocycles. The van der Waals surface area contributed by atoms with Crippen LogP contribution in [0.5, 0.6) is 0 Å². The SMILES string of the molecule is CSCCCNC(=NCc1nnc(C)n1C)NCC(C)(C)Cc1cccc(Cl)c1.I. The van der Waals surface area contributed by atoms with Crippen LogP contribution in [0.1, 0.15) is 37.5 Å². The first kappa shape index (κ1) is 27.0. The third kappa shape index (κ3) is 9.43. The molecule has 168 valence electrons. The zero-order valence-electron chi connectivity index (χ0n) is 18.5. The zero-order valence-corrected chi connectivity index (χ0v) is 22.4. The quantitative estimate of drug-likeness (QED) is 0.193. The number of nitrogens with one attached hydrogen (secondary N) is 2. The number of rotatable bonds is 10. The summed E-state index contributed by atoms with van der Waals surface area (Å²) in [7, 11) is 1.97. The molecule has 0 bridgehead atoms. The maximum absolute atomic E-state index is 6.14. The number of aliphatic imine (C=N–C) groups is 1. The number of benzene rings is 1. The molecule has 0 amide bonds. The Kier molecular flexibility index (Phi) is 12.1. The third-order valence-corrected chi connectivity index (χ3v) is 5.62. The predicted molar refractivity (Wildman–Crippen MR) is 140 cm³/mol. The van der Waals surface area contributed by atoms with Crippen LogP contribution < -0.4 is 10.6 Å². The summed E-state index contributed by atoms with van der Waals surface area (Å²) in [6, 6.07) is 8.08. The van der Waals surface area contributed by atoms with E-state index in [2.05, 4.69) is 47.0 Å². The normalized spacial score (nSPS) is 11.9. The Morgan fingerprint density at radius 1 is 1.27 bits per heavy atom. The molecule has 6 nitrogen and oxygen atoms in total. The number of halogens is 2. The van der Waals surface area contributed by atoms with Crippen molar-refractivity contribution in [2.45, 2.75) is 40.2 Å². The first-order chi connectivity index (χ1) is 13.8. The van der Waals surface area contributed by atoms with Crippen molar-refractivity contribution in [3.05, 3.63) is 46.5 Å². The second-order valence-electron chi connectivity index (χ2n) is 7.98. The molecule has 0 saturated heterocycles. The molecule has 0 spiro atoms. The van der Waals surface area contributed by atoms with Crippen molar-refractivity contribution in [2.24, 2.45) is 17.5 Å². The van der Waals surface area contributed by atoms with E-state index in [4.69, 9.17) is 16.6 Å². The second-order valence-corrected chi connectivity index (χ2v) is 9.41. The summed E-state index contributed by atoms with van der Waals surface area (Å²) in [6.45, 7) is 8.61. The van der Waals surface area contributed by atoms with Gasteiger partial charge in [-0.15, -0.1) is 34.2 Å². The number of hydrogen-bond donors (Lipinski definition) is 2. The largest absolute Gasteiger partial charge is 0.356 e. The Morgan fingerprint density at radius 3 is 2.67 bits per heavy atom. The third-order valence-electron chi connectivity index (χ3n) is 4.69. The van der Waals surface area contributed by atoms with Crippen LogP contribution in [-0.4, -0.2) is 45.8 Å². The van der Waals surface area contributed by atoms with Gasteiger partial charge < -0.3 is 15.2 Å². The van der Waals surface area contributed by atoms with Crippen LogP contribution in [0, 0.1) is 12.3 Å². The van der Waals surface area contributed by atoms with E-state index in [-0.39, 0.29) is 29.4 Å². The Balaban J connectivity index is 0.00000450. The first-order valence-corrected chi connectivity index (χ1v) is 11.7. The van der Waals surface area contributed by atoms with Gasteiger partial charge in [-0.3, -0.25) is 0 Å². The van der Waals surface area contributed by atoms with Crippen LogP contribution in [0.4, 0.5) is 0 Å². The molecule has 0 fully saturated rings. The number of aryl methyl sites for hydroxylation is 1. The lowest BCUT2D eigenvalue weighted by atomic mass is 9.86. The highest BCUT2D eigenvalue weighted by Crippen LogP contribution is 2.22. The number of hydrogen-bond acceptors (Lipinski definition) is 4. The van der Waals surface area contributed by atoms with Gasteiger partial charge in [-0.1, -0.05) is 37.6 Å². The standard InChI is InChI=1S/C21H33ClN6S.HI/c1-16-26-27-19(28(16)4)14-24-20(23-10-7-11-29-5)25-15-21(2,3)13-17-8-6-9-18(22)12-17;/h6,8-9,12H,7,10-11,13-15H2,1-5H3,(H2,23,24,25);1H. The number of guanidine groups is 1. The van der Waals surface area contributed by atoms with Crippen LogP contribution >= 0.6 is 47.3 Å². The average Bonchev–Trinajstić information content (AvgIpc) is 2.98. The summed E-state index contributed by atoms with van der Waals surface area (Å²) in [5.41, 5.74) is 1.29. The molecule has 0 aliphatic rings. The van der Waals surface area contributed by atoms with Crippen molar-refractivity contribution < 1.29 is 0 Å². The summed E-state index contributed by atoms with van der Waals surface area (Å²) in [5, 5.41) is 16.0. The number of aromatic nitrogens is 3. The van der Waals surface area contributed by atoms with Crippen LogP contribution in [0.2, 0.25) is 5.02 Å². The lowest BCUT2D eigenvalue weighted by Gasteiger charge is -2.26. The van der Waals surface area contributed by atoms with Gasteiger partial charge in [-0.25, -0.2) is 4.99 Å². The summed E-state index contributed by atoms with van der Waals surface area (Å²) in [4.78, 5) is 4.73. The Labute approximate surface area is 207 Å². The van der Waals surface area contributed by atoms with Crippen molar-refractivity contribution in [3.63, 3.8) is 0 Å². The van der Waals surface area contributed by atoms with Crippen molar-refractivity contribution in [3.8, 4) is 0 Å². The molecule has 1 heterocycles. The second kappa shape index (κ2) is 13.4. The molecule has 0 saturated carbocycles. The summed E-state index contributed by atoms with van der Waals surface area (Å²) < 4.78 is 1.97. The van der Waals surface area contributed by atoms with Gasteiger partial charge in [0.1, 0.15) is 12.4 Å². The highest BCUT2D eigenvalue weighted by atomic mass is 127. The molecule has 30 heavy (non-hydrogen) atoms. The van der Waals surface area contributed by atoms with E-state index in [0.29, 0.717) is 6.54 Å². The monoisotopic (exact) mass is 564 g/mol. The van der Waals surface area contributed by atoms with Crippen molar-refractivity contribution in [1.82, 2.24) is 25.4 Å². The van der Waals surface area contributed by atoms with Crippen LogP contribution in [0.3, 0.4) is 0 Å². The van der Waals surface area contributed by atoms with E-state index < -0.39 is 0 Å². The molecule has 9 heteroatoms. The number of thioether (sulfide) groups is 1. The maximum atomic E-state index is 6.14. The van der Waals surface area contributed by atoms with E-state index in [1.165, 1.54) is 5.56 Å². The maximum Gasteiger partial charge on any atom is 0.191 e. The average molecular weight is 565 g/mol. The molecule has 2 aromatic rings. The van der Waals surface area contributed by atoms with Gasteiger partial charge in [0.2, 0.25) is 0 Å². The van der Waals surface area contributed by atoms with Gasteiger partial charge in [0.15, 0.2) is 11.8 Å². The Morgan fingerprint density at radius 2 is 2.03 bits per heavy atom. The lowest BCUT2D eigenvalue weighted by Crippen LogP contribution is -2.43. The minimum atomic E-state index is 0. The fourth-order valence-corrected chi connectivity index (χ4v) is 3.57. The Hall–Kier alpha value is -1.000. The van der Waals surface area contributed by atoms with E-state index in [1.807, 2.05) is 48.5 Å². The summed E-state index contributed by atoms with van der Waals surface area (Å²) in [6.07, 6.45) is 4.15. The van der Waals surface area contributed by atoms with Crippen LogP contribution in [0.15, 0.2) is 29.3 Å². The van der Waals surface area contributed by atoms with Gasteiger partial charge in [0, 0.05) is 25.2 Å². The van der Waals surface area contributed by atoms with Crippen LogP contribution in [0.25, 0.3) is 0 Å². The lowest BCUT2D eigenvalue weighted by molar-refractivity contribution is 0.359. The molecular weight excluding hydrogens is 531 g/mol. The van der Waals surface area contributed by atoms with E-state index in [1.54, 1.807) is 0 Å². The van der Waals surface area contributed by atoms with Gasteiger partial charge in [0.25, 0.3) is 0 Å². The molecule has 0 aliphatic carbocycles. The first-order valence-electron chi connectivity index (χ1n) is 9.91. The van der Waals surface area contributed by atoms with E-state index >= 15 is 0 Å². The van der Waals surface area contributed by atoms with Crippen molar-refractivity contribution in [1.29, 1.82) is 0 Å². The smallest absolute Gasteiger partial charge is 0.191 e. The molecule has 0 unspecified atom stereocenters. The summed E-state index contributed by atoms with van der Waals surface area (Å²) in [5.74, 6) is 3.68. The van der Waals surface area contributed by atoms with Gasteiger partial charge in [-0.2, -0.15) is 11.8 Å². The minimum absolute atomic E-state index is 0. The molecule has 0 radical (unpaired) electrons. The van der Waals surface area contributed by atoms with E-state index in [0.717, 1.165) is 54.3 Å². The molecule has 1 aromatic carbocycles. The van der Waals surface area contributed by atoms with Gasteiger partial charge >= 0.3 is 0 Å². The zero-order chi connectivity index (χ0) is 21.3. The molecular formula is C21H34ClIN6S. The van der Waals surface area contributed by atoms with E-state index in [9.17, 15) is 0 Å². The molecule has 0 atom stereocenters. The highest BCUT2D eigenvalue weighted by molar-refractivity contribution is 14.0. The minimum Gasteiger partial charge on any atom is -0.356 e. The van der Waals surface area contributed by atoms with Crippen molar-refractivity contribution in [2.75, 3.05) is 25.1 Å². The highest BCUT2D eigenvalue weighted by Gasteiger charge is 2.19. The Bertz CT molecular complexity index is 809.